The fourth-order valence-corrected chi connectivity index (χ4v) is 3.47. The lowest BCUT2D eigenvalue weighted by Crippen LogP contribution is -2.55. The van der Waals surface area contributed by atoms with Crippen LogP contribution in [0.15, 0.2) is 0 Å². The summed E-state index contributed by atoms with van der Waals surface area (Å²) in [6, 6.07) is 0.677. The first-order chi connectivity index (χ1) is 6.17. The summed E-state index contributed by atoms with van der Waals surface area (Å²) in [6.07, 6.45) is 1.24. The summed E-state index contributed by atoms with van der Waals surface area (Å²) in [5.74, 6) is 3.25. The van der Waals surface area contributed by atoms with Crippen molar-refractivity contribution in [1.29, 1.82) is 0 Å². The molecule has 0 saturated carbocycles. The van der Waals surface area contributed by atoms with Gasteiger partial charge in [0.05, 0.1) is 6.61 Å². The molecule has 76 valence electrons. The monoisotopic (exact) mass is 201 g/mol. The number of hydrogen-bond acceptors (Lipinski definition) is 3. The van der Waals surface area contributed by atoms with Crippen molar-refractivity contribution in [3.63, 3.8) is 0 Å². The second-order valence-electron chi connectivity index (χ2n) is 4.77. The van der Waals surface area contributed by atoms with E-state index in [0.717, 1.165) is 19.1 Å². The number of thioether (sulfide) groups is 1. The van der Waals surface area contributed by atoms with E-state index < -0.39 is 0 Å². The molecule has 2 atom stereocenters. The second-order valence-corrected chi connectivity index (χ2v) is 5.80. The smallest absolute Gasteiger partial charge is 0.0510 e. The molecule has 2 aliphatic rings. The Labute approximate surface area is 84.8 Å². The molecule has 0 aromatic rings. The first-order valence-electron chi connectivity index (χ1n) is 5.11. The Kier molecular flexibility index (Phi) is 2.86. The fraction of sp³-hybridized carbons (Fsp3) is 1.00. The van der Waals surface area contributed by atoms with E-state index in [1.807, 2.05) is 0 Å². The van der Waals surface area contributed by atoms with Gasteiger partial charge in [0, 0.05) is 35.6 Å². The molecule has 0 aromatic carbocycles. The van der Waals surface area contributed by atoms with Crippen LogP contribution < -0.4 is 5.32 Å². The summed E-state index contributed by atoms with van der Waals surface area (Å²) in [5.41, 5.74) is 0.316. The van der Waals surface area contributed by atoms with Crippen LogP contribution >= 0.6 is 11.8 Å². The summed E-state index contributed by atoms with van der Waals surface area (Å²) >= 11 is 2.08. The van der Waals surface area contributed by atoms with Crippen LogP contribution in [-0.2, 0) is 4.74 Å². The van der Waals surface area contributed by atoms with Crippen molar-refractivity contribution in [2.24, 2.45) is 5.92 Å². The molecular weight excluding hydrogens is 182 g/mol. The Morgan fingerprint density at radius 3 is 2.92 bits per heavy atom. The van der Waals surface area contributed by atoms with Crippen LogP contribution in [0.25, 0.3) is 0 Å². The van der Waals surface area contributed by atoms with Gasteiger partial charge < -0.3 is 10.1 Å². The van der Waals surface area contributed by atoms with Crippen molar-refractivity contribution in [3.05, 3.63) is 0 Å². The first-order valence-corrected chi connectivity index (χ1v) is 6.26. The summed E-state index contributed by atoms with van der Waals surface area (Å²) in [4.78, 5) is 0. The molecule has 0 aromatic heterocycles. The third kappa shape index (κ3) is 2.39. The van der Waals surface area contributed by atoms with E-state index in [1.165, 1.54) is 17.9 Å². The third-order valence-corrected chi connectivity index (χ3v) is 4.39. The Bertz CT molecular complexity index is 178. The van der Waals surface area contributed by atoms with Crippen LogP contribution in [0.4, 0.5) is 0 Å². The van der Waals surface area contributed by atoms with Crippen molar-refractivity contribution < 1.29 is 4.74 Å². The Balaban J connectivity index is 1.91. The van der Waals surface area contributed by atoms with Gasteiger partial charge in [-0.15, -0.1) is 0 Å². The lowest BCUT2D eigenvalue weighted by Gasteiger charge is -2.39. The number of hydrogen-bond donors (Lipinski definition) is 1. The van der Waals surface area contributed by atoms with Crippen molar-refractivity contribution in [2.75, 3.05) is 24.7 Å². The summed E-state index contributed by atoms with van der Waals surface area (Å²) in [7, 11) is 0. The zero-order chi connectivity index (χ0) is 9.31. The van der Waals surface area contributed by atoms with Gasteiger partial charge >= 0.3 is 0 Å². The molecule has 3 heteroatoms. The highest BCUT2D eigenvalue weighted by Crippen LogP contribution is 2.27. The molecule has 0 aliphatic carbocycles. The van der Waals surface area contributed by atoms with Gasteiger partial charge in [-0.2, -0.15) is 11.8 Å². The molecule has 2 fully saturated rings. The summed E-state index contributed by atoms with van der Waals surface area (Å²) in [6.45, 7) is 6.52. The van der Waals surface area contributed by atoms with Crippen LogP contribution in [0, 0.1) is 5.92 Å². The van der Waals surface area contributed by atoms with Gasteiger partial charge in [0.2, 0.25) is 0 Å². The first kappa shape index (κ1) is 9.81. The SMILES string of the molecule is CC1(C)CSCC(C2CCOC2)N1. The minimum absolute atomic E-state index is 0.316. The van der Waals surface area contributed by atoms with Crippen LogP contribution in [0.2, 0.25) is 0 Å². The summed E-state index contributed by atoms with van der Waals surface area (Å²) in [5, 5.41) is 3.73. The van der Waals surface area contributed by atoms with E-state index in [1.54, 1.807) is 0 Å². The molecular formula is C10H19NOS. The normalized spacial score (nSPS) is 39.2. The predicted molar refractivity (Wildman–Crippen MR) is 57.3 cm³/mol. The topological polar surface area (TPSA) is 21.3 Å². The van der Waals surface area contributed by atoms with Gasteiger partial charge in [0.1, 0.15) is 0 Å². The molecule has 1 N–H and O–H groups in total. The Hall–Kier alpha value is 0.270. The van der Waals surface area contributed by atoms with Crippen LogP contribution in [-0.4, -0.2) is 36.3 Å². The molecule has 2 saturated heterocycles. The standard InChI is InChI=1S/C10H19NOS/c1-10(2)7-13-6-9(11-10)8-3-4-12-5-8/h8-9,11H,3-7H2,1-2H3. The van der Waals surface area contributed by atoms with Gasteiger partial charge in [0.15, 0.2) is 0 Å². The second kappa shape index (κ2) is 3.79. The van der Waals surface area contributed by atoms with Gasteiger partial charge in [0.25, 0.3) is 0 Å². The van der Waals surface area contributed by atoms with Gasteiger partial charge in [-0.1, -0.05) is 0 Å². The largest absolute Gasteiger partial charge is 0.381 e. The molecule has 0 radical (unpaired) electrons. The minimum atomic E-state index is 0.316. The highest BCUT2D eigenvalue weighted by atomic mass is 32.2. The highest BCUT2D eigenvalue weighted by Gasteiger charge is 2.33. The molecule has 0 bridgehead atoms. The van der Waals surface area contributed by atoms with Crippen LogP contribution in [0.1, 0.15) is 20.3 Å². The predicted octanol–water partition coefficient (Wildman–Crippen LogP) is 1.51. The molecule has 2 nitrogen and oxygen atoms in total. The van der Waals surface area contributed by atoms with Crippen molar-refractivity contribution >= 4 is 11.8 Å². The van der Waals surface area contributed by atoms with Crippen molar-refractivity contribution in [3.8, 4) is 0 Å². The fourth-order valence-electron chi connectivity index (χ4n) is 2.15. The van der Waals surface area contributed by atoms with E-state index in [4.69, 9.17) is 4.74 Å². The molecule has 0 amide bonds. The molecule has 2 rings (SSSR count). The molecule has 2 heterocycles. The lowest BCUT2D eigenvalue weighted by atomic mass is 9.96. The average Bonchev–Trinajstić information content (AvgIpc) is 2.53. The van der Waals surface area contributed by atoms with Crippen LogP contribution in [0.5, 0.6) is 0 Å². The van der Waals surface area contributed by atoms with Gasteiger partial charge in [-0.25, -0.2) is 0 Å². The number of ether oxygens (including phenoxy) is 1. The summed E-state index contributed by atoms with van der Waals surface area (Å²) < 4.78 is 5.43. The zero-order valence-electron chi connectivity index (χ0n) is 8.51. The molecule has 2 unspecified atom stereocenters. The van der Waals surface area contributed by atoms with E-state index in [-0.39, 0.29) is 0 Å². The minimum Gasteiger partial charge on any atom is -0.381 e. The quantitative estimate of drug-likeness (QED) is 0.695. The highest BCUT2D eigenvalue weighted by molar-refractivity contribution is 7.99. The molecule has 0 spiro atoms. The van der Waals surface area contributed by atoms with E-state index in [9.17, 15) is 0 Å². The maximum atomic E-state index is 5.43. The van der Waals surface area contributed by atoms with Gasteiger partial charge in [-0.3, -0.25) is 0 Å². The van der Waals surface area contributed by atoms with E-state index in [0.29, 0.717) is 11.6 Å². The zero-order valence-corrected chi connectivity index (χ0v) is 9.32. The van der Waals surface area contributed by atoms with E-state index >= 15 is 0 Å². The molecule has 2 aliphatic heterocycles. The Morgan fingerprint density at radius 2 is 2.31 bits per heavy atom. The van der Waals surface area contributed by atoms with Crippen molar-refractivity contribution in [2.45, 2.75) is 31.8 Å². The maximum absolute atomic E-state index is 5.43. The molecule has 13 heavy (non-hydrogen) atoms. The maximum Gasteiger partial charge on any atom is 0.0510 e. The van der Waals surface area contributed by atoms with Crippen molar-refractivity contribution in [1.82, 2.24) is 5.32 Å². The van der Waals surface area contributed by atoms with Gasteiger partial charge in [-0.05, 0) is 20.3 Å². The number of rotatable bonds is 1. The number of nitrogens with one attached hydrogen (secondary N) is 1. The third-order valence-electron chi connectivity index (χ3n) is 2.87. The average molecular weight is 201 g/mol. The Morgan fingerprint density at radius 1 is 1.46 bits per heavy atom. The lowest BCUT2D eigenvalue weighted by molar-refractivity contribution is 0.173. The van der Waals surface area contributed by atoms with E-state index in [2.05, 4.69) is 30.9 Å². The van der Waals surface area contributed by atoms with Crippen LogP contribution in [0.3, 0.4) is 0 Å².